The van der Waals surface area contributed by atoms with Gasteiger partial charge in [-0.05, 0) is 41.7 Å². The highest BCUT2D eigenvalue weighted by atomic mass is 35.5. The Morgan fingerprint density at radius 2 is 2.10 bits per heavy atom. The van der Waals surface area contributed by atoms with Crippen molar-refractivity contribution >= 4 is 11.6 Å². The number of ether oxygens (including phenoxy) is 1. The van der Waals surface area contributed by atoms with E-state index in [1.54, 1.807) is 0 Å². The molecule has 1 N–H and O–H groups in total. The number of aliphatic hydroxyl groups is 1. The van der Waals surface area contributed by atoms with Gasteiger partial charge in [-0.15, -0.1) is 0 Å². The van der Waals surface area contributed by atoms with Crippen LogP contribution in [0.4, 0.5) is 0 Å². The summed E-state index contributed by atoms with van der Waals surface area (Å²) in [7, 11) is 0. The molecule has 2 unspecified atom stereocenters. The number of fused-ring (bicyclic) bond motifs is 1. The van der Waals surface area contributed by atoms with E-state index in [9.17, 15) is 5.11 Å². The van der Waals surface area contributed by atoms with Crippen molar-refractivity contribution in [3.8, 4) is 0 Å². The van der Waals surface area contributed by atoms with Crippen molar-refractivity contribution in [2.75, 3.05) is 6.61 Å². The Morgan fingerprint density at radius 1 is 1.29 bits per heavy atom. The summed E-state index contributed by atoms with van der Waals surface area (Å²) < 4.78 is 5.86. The zero-order valence-electron chi connectivity index (χ0n) is 12.1. The van der Waals surface area contributed by atoms with Crippen molar-refractivity contribution in [1.82, 2.24) is 0 Å². The number of hydrogen-bond acceptors (Lipinski definition) is 2. The number of halogens is 1. The highest BCUT2D eigenvalue weighted by Gasteiger charge is 2.24. The predicted molar refractivity (Wildman–Crippen MR) is 84.6 cm³/mol. The van der Waals surface area contributed by atoms with Crippen molar-refractivity contribution in [3.63, 3.8) is 0 Å². The minimum atomic E-state index is -0.544. The second kappa shape index (κ2) is 6.18. The third-order valence-corrected chi connectivity index (χ3v) is 4.52. The second-order valence-electron chi connectivity index (χ2n) is 5.57. The Kier molecular flexibility index (Phi) is 4.29. The van der Waals surface area contributed by atoms with Gasteiger partial charge in [0.25, 0.3) is 0 Å². The lowest BCUT2D eigenvalue weighted by atomic mass is 9.92. The third kappa shape index (κ3) is 3.13. The standard InChI is InChI=1S/C18H19ClO2/c1-12-10-14(6-7-16(12)19)17(20)11-18-15-5-3-2-4-13(15)8-9-21-18/h2-7,10,17-18,20H,8-9,11H2,1H3. The normalized spacial score (nSPS) is 19.1. The van der Waals surface area contributed by atoms with Crippen LogP contribution in [-0.2, 0) is 11.2 Å². The molecule has 0 fully saturated rings. The number of rotatable bonds is 3. The average Bonchev–Trinajstić information content (AvgIpc) is 2.50. The van der Waals surface area contributed by atoms with Crippen LogP contribution in [0.15, 0.2) is 42.5 Å². The predicted octanol–water partition coefficient (Wildman–Crippen LogP) is 4.39. The SMILES string of the molecule is Cc1cc(C(O)CC2OCCc3ccccc32)ccc1Cl. The maximum atomic E-state index is 10.5. The largest absolute Gasteiger partial charge is 0.388 e. The molecule has 1 aliphatic heterocycles. The van der Waals surface area contributed by atoms with Gasteiger partial charge in [0.15, 0.2) is 0 Å². The number of benzene rings is 2. The van der Waals surface area contributed by atoms with E-state index in [0.717, 1.165) is 22.6 Å². The van der Waals surface area contributed by atoms with Gasteiger partial charge in [0.05, 0.1) is 18.8 Å². The zero-order valence-corrected chi connectivity index (χ0v) is 12.8. The van der Waals surface area contributed by atoms with Crippen LogP contribution < -0.4 is 0 Å². The van der Waals surface area contributed by atoms with Gasteiger partial charge in [-0.25, -0.2) is 0 Å². The van der Waals surface area contributed by atoms with E-state index in [2.05, 4.69) is 18.2 Å². The molecular weight excluding hydrogens is 284 g/mol. The van der Waals surface area contributed by atoms with Crippen LogP contribution in [0.25, 0.3) is 0 Å². The van der Waals surface area contributed by atoms with Crippen LogP contribution in [-0.4, -0.2) is 11.7 Å². The molecule has 0 aromatic heterocycles. The molecule has 0 bridgehead atoms. The molecule has 0 spiro atoms. The van der Waals surface area contributed by atoms with E-state index in [4.69, 9.17) is 16.3 Å². The Labute approximate surface area is 130 Å². The summed E-state index contributed by atoms with van der Waals surface area (Å²) in [5.41, 5.74) is 4.41. The van der Waals surface area contributed by atoms with Crippen molar-refractivity contribution in [3.05, 3.63) is 69.7 Å². The minimum absolute atomic E-state index is 0.0408. The highest BCUT2D eigenvalue weighted by Crippen LogP contribution is 2.34. The van der Waals surface area contributed by atoms with Gasteiger partial charge in [-0.3, -0.25) is 0 Å². The molecule has 2 aromatic rings. The van der Waals surface area contributed by atoms with E-state index in [-0.39, 0.29) is 6.10 Å². The van der Waals surface area contributed by atoms with Gasteiger partial charge in [0.2, 0.25) is 0 Å². The van der Waals surface area contributed by atoms with Crippen molar-refractivity contribution in [2.24, 2.45) is 0 Å². The molecule has 2 aromatic carbocycles. The Morgan fingerprint density at radius 3 is 2.90 bits per heavy atom. The Balaban J connectivity index is 1.79. The fourth-order valence-electron chi connectivity index (χ4n) is 2.89. The van der Waals surface area contributed by atoms with E-state index in [1.807, 2.05) is 31.2 Å². The molecule has 1 aliphatic rings. The van der Waals surface area contributed by atoms with E-state index in [1.165, 1.54) is 11.1 Å². The molecule has 3 rings (SSSR count). The topological polar surface area (TPSA) is 29.5 Å². The second-order valence-corrected chi connectivity index (χ2v) is 5.98. The molecule has 2 nitrogen and oxygen atoms in total. The van der Waals surface area contributed by atoms with E-state index >= 15 is 0 Å². The fraction of sp³-hybridized carbons (Fsp3) is 0.333. The molecule has 0 amide bonds. The maximum absolute atomic E-state index is 10.5. The Hall–Kier alpha value is -1.35. The highest BCUT2D eigenvalue weighted by molar-refractivity contribution is 6.31. The molecule has 110 valence electrons. The molecule has 0 saturated heterocycles. The van der Waals surface area contributed by atoms with E-state index < -0.39 is 6.10 Å². The molecule has 0 aliphatic carbocycles. The number of aliphatic hydroxyl groups excluding tert-OH is 1. The smallest absolute Gasteiger partial charge is 0.0855 e. The van der Waals surface area contributed by atoms with Crippen molar-refractivity contribution in [1.29, 1.82) is 0 Å². The summed E-state index contributed by atoms with van der Waals surface area (Å²) in [6.45, 7) is 2.67. The lowest BCUT2D eigenvalue weighted by Crippen LogP contribution is -2.18. The van der Waals surface area contributed by atoms with Crippen LogP contribution in [0, 0.1) is 6.92 Å². The first-order valence-electron chi connectivity index (χ1n) is 7.28. The number of hydrogen-bond donors (Lipinski definition) is 1. The van der Waals surface area contributed by atoms with Gasteiger partial charge in [0.1, 0.15) is 0 Å². The quantitative estimate of drug-likeness (QED) is 0.911. The lowest BCUT2D eigenvalue weighted by Gasteiger charge is -2.28. The monoisotopic (exact) mass is 302 g/mol. The molecule has 0 saturated carbocycles. The molecule has 2 atom stereocenters. The van der Waals surface area contributed by atoms with Gasteiger partial charge >= 0.3 is 0 Å². The summed E-state index contributed by atoms with van der Waals surface area (Å²) in [6, 6.07) is 14.0. The Bertz CT molecular complexity index is 639. The molecule has 21 heavy (non-hydrogen) atoms. The molecule has 3 heteroatoms. The molecule has 1 heterocycles. The summed E-state index contributed by atoms with van der Waals surface area (Å²) in [6.07, 6.45) is 0.930. The molecule has 0 radical (unpaired) electrons. The summed E-state index contributed by atoms with van der Waals surface area (Å²) in [5.74, 6) is 0. The van der Waals surface area contributed by atoms with Gasteiger partial charge < -0.3 is 9.84 Å². The van der Waals surface area contributed by atoms with Crippen LogP contribution in [0.1, 0.15) is 40.9 Å². The first-order valence-corrected chi connectivity index (χ1v) is 7.66. The number of aryl methyl sites for hydroxylation is 1. The van der Waals surface area contributed by atoms with Crippen LogP contribution >= 0.6 is 11.6 Å². The fourth-order valence-corrected chi connectivity index (χ4v) is 3.00. The van der Waals surface area contributed by atoms with Crippen LogP contribution in [0.2, 0.25) is 5.02 Å². The molecular formula is C18H19ClO2. The van der Waals surface area contributed by atoms with Crippen LogP contribution in [0.3, 0.4) is 0 Å². The lowest BCUT2D eigenvalue weighted by molar-refractivity contribution is 0.00376. The van der Waals surface area contributed by atoms with Crippen molar-refractivity contribution < 1.29 is 9.84 Å². The summed E-state index contributed by atoms with van der Waals surface area (Å²) in [5, 5.41) is 11.2. The van der Waals surface area contributed by atoms with Crippen molar-refractivity contribution in [2.45, 2.75) is 32.0 Å². The van der Waals surface area contributed by atoms with E-state index in [0.29, 0.717) is 13.0 Å². The van der Waals surface area contributed by atoms with Gasteiger partial charge in [-0.1, -0.05) is 48.0 Å². The maximum Gasteiger partial charge on any atom is 0.0855 e. The third-order valence-electron chi connectivity index (χ3n) is 4.10. The first kappa shape index (κ1) is 14.6. The average molecular weight is 303 g/mol. The first-order chi connectivity index (χ1) is 10.1. The van der Waals surface area contributed by atoms with Gasteiger partial charge in [0, 0.05) is 11.4 Å². The minimum Gasteiger partial charge on any atom is -0.388 e. The summed E-state index contributed by atoms with van der Waals surface area (Å²) >= 11 is 6.04. The summed E-state index contributed by atoms with van der Waals surface area (Å²) in [4.78, 5) is 0. The van der Waals surface area contributed by atoms with Crippen LogP contribution in [0.5, 0.6) is 0 Å². The van der Waals surface area contributed by atoms with Gasteiger partial charge in [-0.2, -0.15) is 0 Å². The zero-order chi connectivity index (χ0) is 14.8.